The van der Waals surface area contributed by atoms with Gasteiger partial charge in [0, 0.05) is 22.6 Å². The number of thioether (sulfide) groups is 1. The highest BCUT2D eigenvalue weighted by Crippen LogP contribution is 2.27. The molecule has 0 amide bonds. The van der Waals surface area contributed by atoms with Crippen LogP contribution in [0.5, 0.6) is 0 Å². The SMILES string of the molecule is COC(=O)c1cc(C(=O)OC)cc(-n2c(C)cc(C(=O)CSc3n[nH]c(-c4cccs4)n3)c2C)c1. The zero-order chi connectivity index (χ0) is 25.1. The fourth-order valence-corrected chi connectivity index (χ4v) is 5.04. The average Bonchev–Trinajstić information content (AvgIpc) is 3.61. The molecule has 0 unspecified atom stereocenters. The topological polar surface area (TPSA) is 116 Å². The van der Waals surface area contributed by atoms with Gasteiger partial charge in [0.2, 0.25) is 5.16 Å². The number of Topliss-reactive ketones (excluding diaryl/α,β-unsaturated/α-hetero) is 1. The number of ketones is 1. The molecule has 4 rings (SSSR count). The van der Waals surface area contributed by atoms with Crippen LogP contribution >= 0.6 is 23.1 Å². The number of H-pyrrole nitrogens is 1. The summed E-state index contributed by atoms with van der Waals surface area (Å²) in [5.41, 5.74) is 2.93. The Bertz CT molecular complexity index is 1370. The second kappa shape index (κ2) is 10.3. The molecule has 1 N–H and O–H groups in total. The standard InChI is InChI=1S/C24H22N4O5S2/c1-13-8-18(19(29)12-35-24-25-21(26-27-24)20-6-5-7-34-20)14(2)28(13)17-10-15(22(30)32-3)9-16(11-17)23(31)33-4/h5-11H,12H2,1-4H3,(H,25,26,27). The van der Waals surface area contributed by atoms with E-state index >= 15 is 0 Å². The molecule has 9 nitrogen and oxygen atoms in total. The molecule has 0 bridgehead atoms. The number of hydrogen-bond donors (Lipinski definition) is 1. The van der Waals surface area contributed by atoms with Crippen LogP contribution in [0.2, 0.25) is 0 Å². The molecule has 3 heterocycles. The van der Waals surface area contributed by atoms with Gasteiger partial charge in [-0.1, -0.05) is 17.8 Å². The van der Waals surface area contributed by atoms with Crippen LogP contribution in [-0.2, 0) is 9.47 Å². The number of nitrogens with one attached hydrogen (secondary N) is 1. The van der Waals surface area contributed by atoms with Crippen LogP contribution in [0.1, 0.15) is 42.5 Å². The van der Waals surface area contributed by atoms with Gasteiger partial charge in [0.1, 0.15) is 0 Å². The van der Waals surface area contributed by atoms with Crippen LogP contribution in [0.4, 0.5) is 0 Å². The monoisotopic (exact) mass is 510 g/mol. The van der Waals surface area contributed by atoms with E-state index in [2.05, 4.69) is 15.2 Å². The lowest BCUT2D eigenvalue weighted by Crippen LogP contribution is -2.10. The van der Waals surface area contributed by atoms with Crippen LogP contribution in [0.25, 0.3) is 16.4 Å². The van der Waals surface area contributed by atoms with E-state index in [0.29, 0.717) is 27.9 Å². The van der Waals surface area contributed by atoms with Crippen molar-refractivity contribution in [3.63, 3.8) is 0 Å². The number of rotatable bonds is 8. The Kier molecular flexibility index (Phi) is 7.17. The summed E-state index contributed by atoms with van der Waals surface area (Å²) in [4.78, 5) is 42.9. The lowest BCUT2D eigenvalue weighted by atomic mass is 10.1. The van der Waals surface area contributed by atoms with Crippen LogP contribution in [0, 0.1) is 13.8 Å². The van der Waals surface area contributed by atoms with Gasteiger partial charge in [-0.05, 0) is 49.6 Å². The highest BCUT2D eigenvalue weighted by molar-refractivity contribution is 7.99. The number of nitrogens with zero attached hydrogens (tertiary/aromatic N) is 3. The number of esters is 2. The minimum absolute atomic E-state index is 0.0888. The molecular weight excluding hydrogens is 488 g/mol. The van der Waals surface area contributed by atoms with Crippen molar-refractivity contribution < 1.29 is 23.9 Å². The van der Waals surface area contributed by atoms with E-state index in [1.165, 1.54) is 32.0 Å². The van der Waals surface area contributed by atoms with Gasteiger partial charge in [-0.3, -0.25) is 9.89 Å². The number of aromatic nitrogens is 4. The largest absolute Gasteiger partial charge is 0.465 e. The molecule has 0 aliphatic rings. The molecule has 0 radical (unpaired) electrons. The summed E-state index contributed by atoms with van der Waals surface area (Å²) < 4.78 is 11.5. The highest BCUT2D eigenvalue weighted by Gasteiger charge is 2.21. The first-order valence-electron chi connectivity index (χ1n) is 10.5. The van der Waals surface area contributed by atoms with Gasteiger partial charge in [-0.2, -0.15) is 0 Å². The number of benzene rings is 1. The Balaban J connectivity index is 1.60. The fraction of sp³-hybridized carbons (Fsp3) is 0.208. The summed E-state index contributed by atoms with van der Waals surface area (Å²) in [6, 6.07) is 10.3. The number of hydrogen-bond acceptors (Lipinski definition) is 9. The molecule has 0 aliphatic heterocycles. The molecule has 1 aromatic carbocycles. The van der Waals surface area contributed by atoms with Crippen molar-refractivity contribution >= 4 is 40.8 Å². The van der Waals surface area contributed by atoms with E-state index in [4.69, 9.17) is 9.47 Å². The predicted octanol–water partition coefficient (Wildman–Crippen LogP) is 4.49. The normalized spacial score (nSPS) is 10.9. The van der Waals surface area contributed by atoms with Crippen LogP contribution in [-0.4, -0.2) is 57.4 Å². The van der Waals surface area contributed by atoms with Crippen molar-refractivity contribution in [2.75, 3.05) is 20.0 Å². The Morgan fingerprint density at radius 1 is 1.06 bits per heavy atom. The summed E-state index contributed by atoms with van der Waals surface area (Å²) in [7, 11) is 2.54. The van der Waals surface area contributed by atoms with Gasteiger partial charge in [-0.15, -0.1) is 16.4 Å². The van der Waals surface area contributed by atoms with Gasteiger partial charge >= 0.3 is 11.9 Å². The fourth-order valence-electron chi connectivity index (χ4n) is 3.70. The van der Waals surface area contributed by atoms with Crippen LogP contribution in [0.3, 0.4) is 0 Å². The molecule has 11 heteroatoms. The molecular formula is C24H22N4O5S2. The summed E-state index contributed by atoms with van der Waals surface area (Å²) >= 11 is 2.80. The minimum atomic E-state index is -0.583. The summed E-state index contributed by atoms with van der Waals surface area (Å²) in [6.07, 6.45) is 0. The van der Waals surface area contributed by atoms with Crippen LogP contribution in [0.15, 0.2) is 46.9 Å². The maximum absolute atomic E-state index is 13.1. The van der Waals surface area contributed by atoms with Crippen molar-refractivity contribution in [2.45, 2.75) is 19.0 Å². The number of methoxy groups -OCH3 is 2. The third kappa shape index (κ3) is 5.05. The number of ether oxygens (including phenoxy) is 2. The maximum Gasteiger partial charge on any atom is 0.337 e. The smallest absolute Gasteiger partial charge is 0.337 e. The summed E-state index contributed by atoms with van der Waals surface area (Å²) in [6.45, 7) is 3.66. The summed E-state index contributed by atoms with van der Waals surface area (Å²) in [5, 5.41) is 9.53. The number of aryl methyl sites for hydroxylation is 1. The van der Waals surface area contributed by atoms with Gasteiger partial charge in [0.15, 0.2) is 11.6 Å². The average molecular weight is 511 g/mol. The Morgan fingerprint density at radius 2 is 1.74 bits per heavy atom. The van der Waals surface area contributed by atoms with Gasteiger partial charge in [0.25, 0.3) is 0 Å². The molecule has 3 aromatic heterocycles. The molecule has 0 saturated carbocycles. The zero-order valence-corrected chi connectivity index (χ0v) is 21.1. The maximum atomic E-state index is 13.1. The Hall–Kier alpha value is -3.70. The third-order valence-electron chi connectivity index (χ3n) is 5.30. The first-order valence-corrected chi connectivity index (χ1v) is 12.3. The van der Waals surface area contributed by atoms with E-state index in [-0.39, 0.29) is 22.7 Å². The first kappa shape index (κ1) is 24.4. The van der Waals surface area contributed by atoms with E-state index in [0.717, 1.165) is 10.6 Å². The van der Waals surface area contributed by atoms with Crippen molar-refractivity contribution in [2.24, 2.45) is 0 Å². The van der Waals surface area contributed by atoms with E-state index in [9.17, 15) is 14.4 Å². The van der Waals surface area contributed by atoms with E-state index in [1.54, 1.807) is 29.5 Å². The van der Waals surface area contributed by atoms with E-state index in [1.807, 2.05) is 35.9 Å². The minimum Gasteiger partial charge on any atom is -0.465 e. The zero-order valence-electron chi connectivity index (χ0n) is 19.4. The molecule has 0 aliphatic carbocycles. The molecule has 0 fully saturated rings. The lowest BCUT2D eigenvalue weighted by molar-refractivity contribution is 0.0599. The Labute approximate surface area is 209 Å². The van der Waals surface area contributed by atoms with Crippen molar-refractivity contribution in [1.29, 1.82) is 0 Å². The molecule has 180 valence electrons. The highest BCUT2D eigenvalue weighted by atomic mass is 32.2. The second-order valence-corrected chi connectivity index (χ2v) is 9.42. The van der Waals surface area contributed by atoms with Crippen LogP contribution < -0.4 is 0 Å². The third-order valence-corrected chi connectivity index (χ3v) is 7.03. The Morgan fingerprint density at radius 3 is 2.34 bits per heavy atom. The molecule has 35 heavy (non-hydrogen) atoms. The van der Waals surface area contributed by atoms with Crippen molar-refractivity contribution in [3.05, 3.63) is 69.9 Å². The number of aromatic amines is 1. The molecule has 4 aromatic rings. The molecule has 0 saturated heterocycles. The predicted molar refractivity (Wildman–Crippen MR) is 133 cm³/mol. The quantitative estimate of drug-likeness (QED) is 0.209. The van der Waals surface area contributed by atoms with Gasteiger partial charge in [-0.25, -0.2) is 14.6 Å². The summed E-state index contributed by atoms with van der Waals surface area (Å²) in [5.74, 6) is -0.433. The van der Waals surface area contributed by atoms with Crippen molar-refractivity contribution in [1.82, 2.24) is 19.7 Å². The number of thiophene rings is 1. The second-order valence-electron chi connectivity index (χ2n) is 7.53. The molecule has 0 spiro atoms. The number of carbonyl (C=O) groups excluding carboxylic acids is 3. The van der Waals surface area contributed by atoms with Gasteiger partial charge < -0.3 is 14.0 Å². The van der Waals surface area contributed by atoms with E-state index < -0.39 is 11.9 Å². The van der Waals surface area contributed by atoms with Gasteiger partial charge in [0.05, 0.1) is 36.0 Å². The van der Waals surface area contributed by atoms with Crippen molar-refractivity contribution in [3.8, 4) is 16.4 Å². The lowest BCUT2D eigenvalue weighted by Gasteiger charge is -2.13. The number of carbonyl (C=O) groups is 3. The molecule has 0 atom stereocenters. The first-order chi connectivity index (χ1) is 16.8.